The van der Waals surface area contributed by atoms with Crippen molar-refractivity contribution in [3.8, 4) is 0 Å². The maximum atomic E-state index is 11.8. The number of carboxylic acid groups (broad SMARTS) is 1. The van der Waals surface area contributed by atoms with E-state index in [2.05, 4.69) is 10.4 Å². The number of benzene rings is 1. The Balaban J connectivity index is 1.90. The number of rotatable bonds is 6. The Morgan fingerprint density at radius 1 is 1.27 bits per heavy atom. The van der Waals surface area contributed by atoms with Crippen molar-refractivity contribution >= 4 is 23.6 Å². The van der Waals surface area contributed by atoms with Crippen molar-refractivity contribution in [3.05, 3.63) is 53.9 Å². The fourth-order valence-corrected chi connectivity index (χ4v) is 1.90. The highest BCUT2D eigenvalue weighted by molar-refractivity contribution is 6.01. The van der Waals surface area contributed by atoms with E-state index < -0.39 is 5.97 Å². The predicted molar refractivity (Wildman–Crippen MR) is 83.3 cm³/mol. The highest BCUT2D eigenvalue weighted by Crippen LogP contribution is 2.11. The molecule has 6 heteroatoms. The molecule has 114 valence electrons. The van der Waals surface area contributed by atoms with Crippen LogP contribution in [0.15, 0.2) is 42.6 Å². The summed E-state index contributed by atoms with van der Waals surface area (Å²) in [6.07, 6.45) is 5.36. The van der Waals surface area contributed by atoms with Gasteiger partial charge in [-0.25, -0.2) is 0 Å². The maximum absolute atomic E-state index is 11.8. The fourth-order valence-electron chi connectivity index (χ4n) is 1.90. The Hall–Kier alpha value is -2.89. The van der Waals surface area contributed by atoms with E-state index in [0.717, 1.165) is 11.3 Å². The van der Waals surface area contributed by atoms with Crippen LogP contribution in [0.2, 0.25) is 0 Å². The summed E-state index contributed by atoms with van der Waals surface area (Å²) in [4.78, 5) is 22.3. The van der Waals surface area contributed by atoms with E-state index in [1.807, 2.05) is 12.1 Å². The van der Waals surface area contributed by atoms with Gasteiger partial charge in [0.15, 0.2) is 0 Å². The van der Waals surface area contributed by atoms with Gasteiger partial charge in [-0.15, -0.1) is 0 Å². The van der Waals surface area contributed by atoms with Crippen LogP contribution < -0.4 is 5.32 Å². The number of hydrogen-bond acceptors (Lipinski definition) is 3. The number of carbonyl (C=O) groups is 2. The lowest BCUT2D eigenvalue weighted by atomic mass is 10.1. The van der Waals surface area contributed by atoms with Crippen molar-refractivity contribution in [1.82, 2.24) is 9.78 Å². The molecule has 0 spiro atoms. The zero-order valence-electron chi connectivity index (χ0n) is 12.2. The molecule has 1 amide bonds. The number of amides is 1. The summed E-state index contributed by atoms with van der Waals surface area (Å²) in [5.41, 5.74) is 2.42. The maximum Gasteiger partial charge on any atom is 0.303 e. The third kappa shape index (κ3) is 4.59. The van der Waals surface area contributed by atoms with Crippen LogP contribution in [0, 0.1) is 0 Å². The summed E-state index contributed by atoms with van der Waals surface area (Å²) in [7, 11) is 1.80. The standard InChI is InChI=1S/C16H17N3O3/c1-19-14(10-11-17-19)7-8-15(20)18-13-5-2-12(3-6-13)4-9-16(21)22/h2-3,5-8,10-11H,4,9H2,1H3,(H,18,20)(H,21,22). The lowest BCUT2D eigenvalue weighted by Crippen LogP contribution is -2.08. The van der Waals surface area contributed by atoms with Crippen LogP contribution in [0.1, 0.15) is 17.7 Å². The summed E-state index contributed by atoms with van der Waals surface area (Å²) in [5, 5.41) is 15.4. The molecule has 0 saturated carbocycles. The Bertz CT molecular complexity index is 687. The third-order valence-corrected chi connectivity index (χ3v) is 3.11. The van der Waals surface area contributed by atoms with Crippen LogP contribution in [0.25, 0.3) is 6.08 Å². The molecule has 0 fully saturated rings. The van der Waals surface area contributed by atoms with Crippen LogP contribution in [-0.2, 0) is 23.1 Å². The van der Waals surface area contributed by atoms with Crippen molar-refractivity contribution in [1.29, 1.82) is 0 Å². The summed E-state index contributed by atoms with van der Waals surface area (Å²) >= 11 is 0. The van der Waals surface area contributed by atoms with Crippen molar-refractivity contribution in [3.63, 3.8) is 0 Å². The minimum Gasteiger partial charge on any atom is -0.481 e. The van der Waals surface area contributed by atoms with E-state index in [0.29, 0.717) is 12.1 Å². The summed E-state index contributed by atoms with van der Waals surface area (Å²) in [6.45, 7) is 0. The molecule has 6 nitrogen and oxygen atoms in total. The number of nitrogens with one attached hydrogen (secondary N) is 1. The molecular weight excluding hydrogens is 282 g/mol. The van der Waals surface area contributed by atoms with Crippen molar-refractivity contribution in [2.24, 2.45) is 7.05 Å². The van der Waals surface area contributed by atoms with E-state index in [1.165, 1.54) is 6.08 Å². The van der Waals surface area contributed by atoms with Crippen molar-refractivity contribution in [2.75, 3.05) is 5.32 Å². The molecule has 0 unspecified atom stereocenters. The zero-order chi connectivity index (χ0) is 15.9. The van der Waals surface area contributed by atoms with Gasteiger partial charge in [0.25, 0.3) is 0 Å². The Kier molecular flexibility index (Phi) is 5.08. The Morgan fingerprint density at radius 2 is 2.00 bits per heavy atom. The summed E-state index contributed by atoms with van der Waals surface area (Å²) in [6, 6.07) is 8.94. The second-order valence-electron chi connectivity index (χ2n) is 4.79. The molecule has 0 bridgehead atoms. The second-order valence-corrected chi connectivity index (χ2v) is 4.79. The van der Waals surface area contributed by atoms with Crippen LogP contribution in [0.5, 0.6) is 0 Å². The Labute approximate surface area is 128 Å². The van der Waals surface area contributed by atoms with Gasteiger partial charge in [0.1, 0.15) is 0 Å². The Morgan fingerprint density at radius 3 is 2.59 bits per heavy atom. The number of aromatic nitrogens is 2. The molecule has 0 aliphatic rings. The number of carbonyl (C=O) groups excluding carboxylic acids is 1. The van der Waals surface area contributed by atoms with Crippen molar-refractivity contribution in [2.45, 2.75) is 12.8 Å². The summed E-state index contributed by atoms with van der Waals surface area (Å²) in [5.74, 6) is -1.06. The molecule has 1 heterocycles. The SMILES string of the molecule is Cn1nccc1C=CC(=O)Nc1ccc(CCC(=O)O)cc1. The molecular formula is C16H17N3O3. The van der Waals surface area contributed by atoms with E-state index in [-0.39, 0.29) is 12.3 Å². The normalized spacial score (nSPS) is 10.8. The first-order valence-corrected chi connectivity index (χ1v) is 6.82. The number of anilines is 1. The van der Waals surface area contributed by atoms with E-state index in [1.54, 1.807) is 42.2 Å². The van der Waals surface area contributed by atoms with E-state index >= 15 is 0 Å². The van der Waals surface area contributed by atoms with Crippen molar-refractivity contribution < 1.29 is 14.7 Å². The number of carboxylic acids is 1. The fraction of sp³-hybridized carbons (Fsp3) is 0.188. The molecule has 2 N–H and O–H groups in total. The molecule has 1 aromatic heterocycles. The molecule has 0 saturated heterocycles. The lowest BCUT2D eigenvalue weighted by Gasteiger charge is -2.04. The van der Waals surface area contributed by atoms with Crippen LogP contribution in [-0.4, -0.2) is 26.8 Å². The van der Waals surface area contributed by atoms with Gasteiger partial charge < -0.3 is 10.4 Å². The molecule has 0 radical (unpaired) electrons. The molecule has 2 rings (SSSR count). The predicted octanol–water partition coefficient (Wildman–Crippen LogP) is 2.09. The smallest absolute Gasteiger partial charge is 0.303 e. The van der Waals surface area contributed by atoms with Crippen LogP contribution >= 0.6 is 0 Å². The van der Waals surface area contributed by atoms with Gasteiger partial charge >= 0.3 is 5.97 Å². The molecule has 0 aliphatic heterocycles. The van der Waals surface area contributed by atoms with E-state index in [9.17, 15) is 9.59 Å². The first-order valence-electron chi connectivity index (χ1n) is 6.82. The van der Waals surface area contributed by atoms with Crippen LogP contribution in [0.4, 0.5) is 5.69 Å². The van der Waals surface area contributed by atoms with Gasteiger partial charge in [-0.05, 0) is 36.3 Å². The van der Waals surface area contributed by atoms with E-state index in [4.69, 9.17) is 5.11 Å². The van der Waals surface area contributed by atoms with Gasteiger partial charge in [-0.2, -0.15) is 5.10 Å². The molecule has 1 aromatic carbocycles. The molecule has 22 heavy (non-hydrogen) atoms. The number of hydrogen-bond donors (Lipinski definition) is 2. The molecule has 0 aliphatic carbocycles. The van der Waals surface area contributed by atoms with Gasteiger partial charge in [0.05, 0.1) is 5.69 Å². The van der Waals surface area contributed by atoms with Gasteiger partial charge in [-0.3, -0.25) is 14.3 Å². The highest BCUT2D eigenvalue weighted by Gasteiger charge is 2.01. The molecule has 2 aromatic rings. The minimum absolute atomic E-state index is 0.0964. The van der Waals surface area contributed by atoms with Gasteiger partial charge in [-0.1, -0.05) is 12.1 Å². The average molecular weight is 299 g/mol. The second kappa shape index (κ2) is 7.21. The number of nitrogens with zero attached hydrogens (tertiary/aromatic N) is 2. The monoisotopic (exact) mass is 299 g/mol. The summed E-state index contributed by atoms with van der Waals surface area (Å²) < 4.78 is 1.67. The van der Waals surface area contributed by atoms with Crippen LogP contribution in [0.3, 0.4) is 0 Å². The quantitative estimate of drug-likeness (QED) is 0.800. The first-order chi connectivity index (χ1) is 10.5. The number of aliphatic carboxylic acids is 1. The average Bonchev–Trinajstić information content (AvgIpc) is 2.90. The highest BCUT2D eigenvalue weighted by atomic mass is 16.4. The lowest BCUT2D eigenvalue weighted by molar-refractivity contribution is -0.137. The largest absolute Gasteiger partial charge is 0.481 e. The third-order valence-electron chi connectivity index (χ3n) is 3.11. The minimum atomic E-state index is -0.822. The molecule has 0 atom stereocenters. The van der Waals surface area contributed by atoms with Gasteiger partial charge in [0.2, 0.25) is 5.91 Å². The zero-order valence-corrected chi connectivity index (χ0v) is 12.2. The number of aryl methyl sites for hydroxylation is 2. The first kappa shape index (κ1) is 15.5. The topological polar surface area (TPSA) is 84.2 Å². The van der Waals surface area contributed by atoms with Gasteiger partial charge in [0, 0.05) is 31.4 Å².